The molecule has 2 N–H and O–H groups in total. The third kappa shape index (κ3) is 4.11. The van der Waals surface area contributed by atoms with Crippen LogP contribution in [0.4, 0.5) is 0 Å². The number of hydrazone groups is 1. The van der Waals surface area contributed by atoms with Gasteiger partial charge in [-0.05, 0) is 42.8 Å². The molecule has 150 valence electrons. The summed E-state index contributed by atoms with van der Waals surface area (Å²) in [6.45, 7) is 2.01. The second-order valence-corrected chi connectivity index (χ2v) is 7.62. The van der Waals surface area contributed by atoms with Crippen molar-refractivity contribution in [1.29, 1.82) is 0 Å². The maximum absolute atomic E-state index is 12.9. The molecule has 2 amide bonds. The molecule has 0 spiro atoms. The zero-order chi connectivity index (χ0) is 21.1. The van der Waals surface area contributed by atoms with Crippen LogP contribution in [0, 0.1) is 6.92 Å². The monoisotopic (exact) mass is 418 g/mol. The highest BCUT2D eigenvalue weighted by Gasteiger charge is 2.47. The first kappa shape index (κ1) is 19.9. The highest BCUT2D eigenvalue weighted by molar-refractivity contribution is 6.30. The summed E-state index contributed by atoms with van der Waals surface area (Å²) in [7, 11) is 0. The van der Waals surface area contributed by atoms with Gasteiger partial charge in [-0.1, -0.05) is 60.1 Å². The summed E-state index contributed by atoms with van der Waals surface area (Å²) < 4.78 is 1.75. The van der Waals surface area contributed by atoms with Gasteiger partial charge in [-0.2, -0.15) is 0 Å². The van der Waals surface area contributed by atoms with Gasteiger partial charge in [-0.3, -0.25) is 9.59 Å². The Kier molecular flexibility index (Phi) is 5.63. The van der Waals surface area contributed by atoms with Gasteiger partial charge >= 0.3 is 5.91 Å². The molecular formula is C24H21ClN3O2+. The zero-order valence-corrected chi connectivity index (χ0v) is 17.1. The lowest BCUT2D eigenvalue weighted by Gasteiger charge is -2.15. The number of rotatable bonds is 4. The van der Waals surface area contributed by atoms with Gasteiger partial charge < -0.3 is 5.32 Å². The number of hydrogen-bond acceptors (Lipinski definition) is 2. The van der Waals surface area contributed by atoms with Crippen LogP contribution in [-0.2, 0) is 4.79 Å². The van der Waals surface area contributed by atoms with Crippen LogP contribution in [0.3, 0.4) is 0 Å². The van der Waals surface area contributed by atoms with Gasteiger partial charge in [0.25, 0.3) is 5.91 Å². The molecule has 4 rings (SSSR count). The number of nitrogens with zero attached hydrogens (tertiary/aromatic N) is 1. The summed E-state index contributed by atoms with van der Waals surface area (Å²) in [5.74, 6) is -0.573. The third-order valence-electron chi connectivity index (χ3n) is 5.14. The number of carbonyl (C=O) groups excluding carboxylic acids is 2. The molecule has 1 aliphatic heterocycles. The van der Waals surface area contributed by atoms with Crippen LogP contribution < -0.4 is 10.7 Å². The van der Waals surface area contributed by atoms with E-state index in [9.17, 15) is 9.59 Å². The minimum atomic E-state index is -0.765. The van der Waals surface area contributed by atoms with E-state index in [1.54, 1.807) is 41.1 Å². The molecule has 6 heteroatoms. The summed E-state index contributed by atoms with van der Waals surface area (Å²) in [4.78, 5) is 25.6. The van der Waals surface area contributed by atoms with Crippen molar-refractivity contribution in [3.63, 3.8) is 0 Å². The van der Waals surface area contributed by atoms with Crippen molar-refractivity contribution < 1.29 is 14.3 Å². The maximum atomic E-state index is 12.9. The van der Waals surface area contributed by atoms with Crippen molar-refractivity contribution in [2.75, 3.05) is 0 Å². The van der Waals surface area contributed by atoms with E-state index in [4.69, 9.17) is 11.6 Å². The van der Waals surface area contributed by atoms with E-state index in [-0.39, 0.29) is 11.8 Å². The first-order valence-electron chi connectivity index (χ1n) is 9.63. The number of halogens is 1. The molecular weight excluding hydrogens is 398 g/mol. The highest BCUT2D eigenvalue weighted by Crippen LogP contribution is 2.27. The van der Waals surface area contributed by atoms with E-state index in [2.05, 4.69) is 10.7 Å². The smallest absolute Gasteiger partial charge is 0.304 e. The highest BCUT2D eigenvalue weighted by atomic mass is 35.5. The van der Waals surface area contributed by atoms with Crippen LogP contribution in [-0.4, -0.2) is 28.8 Å². The van der Waals surface area contributed by atoms with E-state index >= 15 is 0 Å². The largest absolute Gasteiger partial charge is 0.334 e. The average Bonchev–Trinajstić information content (AvgIpc) is 3.05. The molecule has 0 unspecified atom stereocenters. The van der Waals surface area contributed by atoms with Crippen LogP contribution >= 0.6 is 11.6 Å². The van der Waals surface area contributed by atoms with Gasteiger partial charge in [0.1, 0.15) is 0 Å². The lowest BCUT2D eigenvalue weighted by molar-refractivity contribution is -0.596. The minimum Gasteiger partial charge on any atom is -0.334 e. The van der Waals surface area contributed by atoms with Gasteiger partial charge in [0.2, 0.25) is 12.3 Å². The normalized spacial score (nSPS) is 19.5. The predicted molar refractivity (Wildman–Crippen MR) is 117 cm³/mol. The number of hydrogen-bond donors (Lipinski definition) is 2. The van der Waals surface area contributed by atoms with E-state index in [1.807, 2.05) is 55.6 Å². The van der Waals surface area contributed by atoms with Gasteiger partial charge in [-0.25, -0.2) is 0 Å². The molecule has 5 nitrogen and oxygen atoms in total. The van der Waals surface area contributed by atoms with Crippen molar-refractivity contribution in [3.8, 4) is 0 Å². The SMILES string of the molecule is Cc1ccccc1/C=[N+]1\NC(=O)[C@H](NC(=O)c2ccccc2)[C@@H]1c1ccc(Cl)cc1. The second-order valence-electron chi connectivity index (χ2n) is 7.18. The van der Waals surface area contributed by atoms with Gasteiger partial charge in [-0.15, -0.1) is 10.1 Å². The van der Waals surface area contributed by atoms with Gasteiger partial charge in [0.15, 0.2) is 6.04 Å². The number of nitrogens with one attached hydrogen (secondary N) is 2. The first-order chi connectivity index (χ1) is 14.5. The van der Waals surface area contributed by atoms with Crippen LogP contribution in [0.5, 0.6) is 0 Å². The Bertz CT molecular complexity index is 1110. The molecule has 3 aromatic rings. The van der Waals surface area contributed by atoms with Crippen molar-refractivity contribution >= 4 is 29.6 Å². The van der Waals surface area contributed by atoms with Crippen molar-refractivity contribution in [3.05, 3.63) is 106 Å². The molecule has 0 aromatic heterocycles. The van der Waals surface area contributed by atoms with Crippen LogP contribution in [0.15, 0.2) is 78.9 Å². The van der Waals surface area contributed by atoms with Crippen LogP contribution in [0.2, 0.25) is 5.02 Å². The topological polar surface area (TPSA) is 61.2 Å². The van der Waals surface area contributed by atoms with Crippen molar-refractivity contribution in [2.45, 2.75) is 19.0 Å². The summed E-state index contributed by atoms with van der Waals surface area (Å²) in [5, 5.41) is 3.50. The summed E-state index contributed by atoms with van der Waals surface area (Å²) in [5.41, 5.74) is 6.31. The van der Waals surface area contributed by atoms with Crippen LogP contribution in [0.25, 0.3) is 0 Å². The third-order valence-corrected chi connectivity index (χ3v) is 5.39. The van der Waals surface area contributed by atoms with E-state index in [1.165, 1.54) is 0 Å². The Morgan fingerprint density at radius 3 is 2.37 bits per heavy atom. The van der Waals surface area contributed by atoms with E-state index in [0.29, 0.717) is 10.6 Å². The lowest BCUT2D eigenvalue weighted by atomic mass is 9.99. The number of benzene rings is 3. The quantitative estimate of drug-likeness (QED) is 0.635. The fourth-order valence-corrected chi connectivity index (χ4v) is 3.66. The molecule has 0 saturated carbocycles. The molecule has 1 aliphatic rings. The van der Waals surface area contributed by atoms with Crippen molar-refractivity contribution in [1.82, 2.24) is 10.7 Å². The zero-order valence-electron chi connectivity index (χ0n) is 16.4. The number of amides is 2. The number of aryl methyl sites for hydroxylation is 1. The summed E-state index contributed by atoms with van der Waals surface area (Å²) >= 11 is 6.06. The standard InChI is InChI=1S/C24H20ClN3O2/c1-16-7-5-6-10-19(16)15-28-22(17-11-13-20(25)14-12-17)21(24(30)27-28)26-23(29)18-8-3-2-4-9-18/h2-15,21-22H,1H3,(H-,26,27,29,30)/p+1/b28-15-/t21-,22+/m1/s1. The van der Waals surface area contributed by atoms with Gasteiger partial charge in [0.05, 0.1) is 0 Å². The molecule has 3 aromatic carbocycles. The molecule has 0 aliphatic carbocycles. The fourth-order valence-electron chi connectivity index (χ4n) is 3.54. The van der Waals surface area contributed by atoms with E-state index < -0.39 is 12.1 Å². The fraction of sp³-hybridized carbons (Fsp3) is 0.125. The summed E-state index contributed by atoms with van der Waals surface area (Å²) in [6, 6.07) is 22.9. The van der Waals surface area contributed by atoms with Crippen LogP contribution in [0.1, 0.15) is 33.1 Å². The Morgan fingerprint density at radius 1 is 1.00 bits per heavy atom. The number of hydrazine groups is 1. The van der Waals surface area contributed by atoms with Crippen molar-refractivity contribution in [2.24, 2.45) is 0 Å². The predicted octanol–water partition coefficient (Wildman–Crippen LogP) is 3.66. The number of carbonyl (C=O) groups is 2. The molecule has 0 bridgehead atoms. The molecule has 1 heterocycles. The Balaban J connectivity index is 1.73. The molecule has 1 fully saturated rings. The average molecular weight is 419 g/mol. The summed E-state index contributed by atoms with van der Waals surface area (Å²) in [6.07, 6.45) is 1.89. The minimum absolute atomic E-state index is 0.274. The molecule has 30 heavy (non-hydrogen) atoms. The molecule has 0 radical (unpaired) electrons. The first-order valence-corrected chi connectivity index (χ1v) is 10.0. The molecule has 1 saturated heterocycles. The Labute approximate surface area is 180 Å². The Morgan fingerprint density at radius 2 is 1.67 bits per heavy atom. The second kappa shape index (κ2) is 8.51. The Hall–Kier alpha value is -3.44. The van der Waals surface area contributed by atoms with Gasteiger partial charge in [0, 0.05) is 21.7 Å². The lowest BCUT2D eigenvalue weighted by Crippen LogP contribution is -2.42. The maximum Gasteiger partial charge on any atom is 0.304 e. The molecule has 2 atom stereocenters. The van der Waals surface area contributed by atoms with E-state index in [0.717, 1.165) is 16.7 Å².